The maximum atomic E-state index is 12.3. The molecule has 0 fully saturated rings. The molecule has 1 atom stereocenters. The lowest BCUT2D eigenvalue weighted by atomic mass is 9.92. The highest BCUT2D eigenvalue weighted by Crippen LogP contribution is 2.22. The van der Waals surface area contributed by atoms with E-state index in [4.69, 9.17) is 5.73 Å². The fourth-order valence-corrected chi connectivity index (χ4v) is 2.30. The first-order valence-corrected chi connectivity index (χ1v) is 7.07. The van der Waals surface area contributed by atoms with Crippen molar-refractivity contribution in [1.82, 2.24) is 0 Å². The normalized spacial score (nSPS) is 12.1. The molecular weight excluding hydrogens is 246 g/mol. The van der Waals surface area contributed by atoms with Crippen LogP contribution >= 0.6 is 0 Å². The lowest BCUT2D eigenvalue weighted by Crippen LogP contribution is -2.05. The number of anilines is 1. The van der Waals surface area contributed by atoms with E-state index >= 15 is 0 Å². The number of hydrogen-bond acceptors (Lipinski definition) is 2. The lowest BCUT2D eigenvalue weighted by molar-refractivity contribution is 0.0975. The lowest BCUT2D eigenvalue weighted by Gasteiger charge is -2.12. The third kappa shape index (κ3) is 3.47. The van der Waals surface area contributed by atoms with Crippen LogP contribution in [0.4, 0.5) is 5.69 Å². The zero-order valence-electron chi connectivity index (χ0n) is 12.1. The number of carbonyl (C=O) groups is 1. The van der Waals surface area contributed by atoms with Crippen molar-refractivity contribution < 1.29 is 4.79 Å². The van der Waals surface area contributed by atoms with E-state index in [-0.39, 0.29) is 11.7 Å². The Morgan fingerprint density at radius 3 is 2.50 bits per heavy atom. The average Bonchev–Trinajstić information content (AvgIpc) is 2.47. The van der Waals surface area contributed by atoms with Crippen molar-refractivity contribution in [3.63, 3.8) is 0 Å². The van der Waals surface area contributed by atoms with E-state index in [1.54, 1.807) is 0 Å². The van der Waals surface area contributed by atoms with Crippen LogP contribution in [0.1, 0.15) is 47.7 Å². The Hall–Kier alpha value is -2.09. The highest BCUT2D eigenvalue weighted by Gasteiger charge is 2.13. The van der Waals surface area contributed by atoms with Gasteiger partial charge >= 0.3 is 0 Å². The van der Waals surface area contributed by atoms with Crippen LogP contribution in [0.2, 0.25) is 0 Å². The van der Waals surface area contributed by atoms with Crippen molar-refractivity contribution in [2.45, 2.75) is 32.6 Å². The van der Waals surface area contributed by atoms with Crippen LogP contribution in [-0.2, 0) is 6.42 Å². The zero-order valence-corrected chi connectivity index (χ0v) is 12.1. The molecule has 20 heavy (non-hydrogen) atoms. The highest BCUT2D eigenvalue weighted by molar-refractivity contribution is 5.96. The predicted octanol–water partition coefficient (Wildman–Crippen LogP) is 4.21. The number of nitrogen functional groups attached to an aromatic ring is 1. The van der Waals surface area contributed by atoms with Crippen LogP contribution < -0.4 is 5.73 Å². The molecule has 2 aromatic rings. The van der Waals surface area contributed by atoms with E-state index in [2.05, 4.69) is 19.9 Å². The smallest absolute Gasteiger partial charge is 0.163 e. The molecule has 2 nitrogen and oxygen atoms in total. The summed E-state index contributed by atoms with van der Waals surface area (Å²) >= 11 is 0. The zero-order chi connectivity index (χ0) is 14.5. The van der Waals surface area contributed by atoms with Crippen LogP contribution in [-0.4, -0.2) is 5.78 Å². The van der Waals surface area contributed by atoms with E-state index in [0.29, 0.717) is 6.42 Å². The Kier molecular flexibility index (Phi) is 4.57. The summed E-state index contributed by atoms with van der Waals surface area (Å²) in [5.41, 5.74) is 9.61. The Balaban J connectivity index is 2.08. The summed E-state index contributed by atoms with van der Waals surface area (Å²) in [5.74, 6) is 0.401. The summed E-state index contributed by atoms with van der Waals surface area (Å²) in [6, 6.07) is 15.7. The second kappa shape index (κ2) is 6.38. The standard InChI is InChI=1S/C18H21NO/c1-3-14-5-4-6-16(12-14)18(20)11-13(2)15-7-9-17(19)10-8-15/h4-10,12-13H,3,11,19H2,1-2H3. The van der Waals surface area contributed by atoms with Gasteiger partial charge < -0.3 is 5.73 Å². The van der Waals surface area contributed by atoms with Gasteiger partial charge in [0, 0.05) is 17.7 Å². The molecule has 1 unspecified atom stereocenters. The molecule has 0 bridgehead atoms. The Morgan fingerprint density at radius 1 is 1.15 bits per heavy atom. The monoisotopic (exact) mass is 267 g/mol. The van der Waals surface area contributed by atoms with E-state index in [9.17, 15) is 4.79 Å². The maximum absolute atomic E-state index is 12.3. The third-order valence-electron chi connectivity index (χ3n) is 3.65. The molecule has 0 aliphatic rings. The third-order valence-corrected chi connectivity index (χ3v) is 3.65. The van der Waals surface area contributed by atoms with Gasteiger partial charge in [-0.1, -0.05) is 44.2 Å². The molecule has 2 N–H and O–H groups in total. The predicted molar refractivity (Wildman–Crippen MR) is 84.0 cm³/mol. The summed E-state index contributed by atoms with van der Waals surface area (Å²) in [4.78, 5) is 12.3. The van der Waals surface area contributed by atoms with E-state index in [1.807, 2.05) is 42.5 Å². The number of Topliss-reactive ketones (excluding diaryl/α,β-unsaturated/α-hetero) is 1. The Bertz CT molecular complexity index is 587. The first-order chi connectivity index (χ1) is 9.60. The number of benzene rings is 2. The fourth-order valence-electron chi connectivity index (χ4n) is 2.30. The molecular formula is C18H21NO. The minimum absolute atomic E-state index is 0.199. The van der Waals surface area contributed by atoms with Gasteiger partial charge in [-0.25, -0.2) is 0 Å². The summed E-state index contributed by atoms with van der Waals surface area (Å²) in [7, 11) is 0. The van der Waals surface area contributed by atoms with Crippen LogP contribution in [0.15, 0.2) is 48.5 Å². The first kappa shape index (κ1) is 14.3. The number of hydrogen-bond donors (Lipinski definition) is 1. The minimum atomic E-state index is 0.199. The topological polar surface area (TPSA) is 43.1 Å². The van der Waals surface area contributed by atoms with E-state index in [1.165, 1.54) is 5.56 Å². The van der Waals surface area contributed by atoms with Crippen LogP contribution in [0.25, 0.3) is 0 Å². The molecule has 2 heteroatoms. The van der Waals surface area contributed by atoms with Crippen LogP contribution in [0.3, 0.4) is 0 Å². The second-order valence-electron chi connectivity index (χ2n) is 5.25. The van der Waals surface area contributed by atoms with Crippen molar-refractivity contribution in [2.24, 2.45) is 0 Å². The highest BCUT2D eigenvalue weighted by atomic mass is 16.1. The fraction of sp³-hybridized carbons (Fsp3) is 0.278. The van der Waals surface area contributed by atoms with Gasteiger partial charge in [0.1, 0.15) is 0 Å². The maximum Gasteiger partial charge on any atom is 0.163 e. The SMILES string of the molecule is CCc1cccc(C(=O)CC(C)c2ccc(N)cc2)c1. The molecule has 0 aliphatic carbocycles. The van der Waals surface area contributed by atoms with Gasteiger partial charge in [-0.2, -0.15) is 0 Å². The number of rotatable bonds is 5. The van der Waals surface area contributed by atoms with Gasteiger partial charge in [0.15, 0.2) is 5.78 Å². The van der Waals surface area contributed by atoms with Crippen molar-refractivity contribution in [3.8, 4) is 0 Å². The molecule has 0 aromatic heterocycles. The summed E-state index contributed by atoms with van der Waals surface area (Å²) < 4.78 is 0. The molecule has 0 aliphatic heterocycles. The molecule has 0 saturated carbocycles. The number of carbonyl (C=O) groups excluding carboxylic acids is 1. The van der Waals surface area contributed by atoms with Crippen molar-refractivity contribution in [2.75, 3.05) is 5.73 Å². The van der Waals surface area contributed by atoms with Gasteiger partial charge in [0.25, 0.3) is 0 Å². The molecule has 0 spiro atoms. The first-order valence-electron chi connectivity index (χ1n) is 7.07. The van der Waals surface area contributed by atoms with Gasteiger partial charge in [-0.3, -0.25) is 4.79 Å². The molecule has 0 amide bonds. The van der Waals surface area contributed by atoms with E-state index < -0.39 is 0 Å². The van der Waals surface area contributed by atoms with Crippen LogP contribution in [0.5, 0.6) is 0 Å². The summed E-state index contributed by atoms with van der Waals surface area (Å²) in [5, 5.41) is 0. The average molecular weight is 267 g/mol. The molecule has 2 aromatic carbocycles. The van der Waals surface area contributed by atoms with Gasteiger partial charge in [-0.05, 0) is 41.7 Å². The summed E-state index contributed by atoms with van der Waals surface area (Å²) in [6.07, 6.45) is 1.48. The largest absolute Gasteiger partial charge is 0.399 e. The van der Waals surface area contributed by atoms with Gasteiger partial charge in [0.05, 0.1) is 0 Å². The molecule has 104 valence electrons. The van der Waals surface area contributed by atoms with E-state index in [0.717, 1.165) is 23.2 Å². The minimum Gasteiger partial charge on any atom is -0.399 e. The molecule has 0 saturated heterocycles. The van der Waals surface area contributed by atoms with Crippen LogP contribution in [0, 0.1) is 0 Å². The molecule has 2 rings (SSSR count). The van der Waals surface area contributed by atoms with Crippen molar-refractivity contribution in [1.29, 1.82) is 0 Å². The van der Waals surface area contributed by atoms with Crippen molar-refractivity contribution >= 4 is 11.5 Å². The quantitative estimate of drug-likeness (QED) is 0.651. The number of nitrogens with two attached hydrogens (primary N) is 1. The number of aryl methyl sites for hydroxylation is 1. The summed E-state index contributed by atoms with van der Waals surface area (Å²) in [6.45, 7) is 4.17. The second-order valence-corrected chi connectivity index (χ2v) is 5.25. The molecule has 0 radical (unpaired) electrons. The van der Waals surface area contributed by atoms with Crippen molar-refractivity contribution in [3.05, 3.63) is 65.2 Å². The number of ketones is 1. The van der Waals surface area contributed by atoms with Gasteiger partial charge in [-0.15, -0.1) is 0 Å². The Morgan fingerprint density at radius 2 is 1.85 bits per heavy atom. The Labute approximate surface area is 120 Å². The van der Waals surface area contributed by atoms with Gasteiger partial charge in [0.2, 0.25) is 0 Å². The molecule has 0 heterocycles.